The average molecular weight is 188 g/mol. The van der Waals surface area contributed by atoms with E-state index in [0.29, 0.717) is 13.2 Å². The summed E-state index contributed by atoms with van der Waals surface area (Å²) in [5, 5.41) is 5.81. The number of amides is 1. The Morgan fingerprint density at radius 1 is 1.54 bits per heavy atom. The number of hydrogen-bond acceptors (Lipinski definition) is 3. The molecule has 2 N–H and O–H groups in total. The van der Waals surface area contributed by atoms with Gasteiger partial charge in [-0.25, -0.2) is 0 Å². The Morgan fingerprint density at radius 2 is 2.23 bits per heavy atom. The van der Waals surface area contributed by atoms with Crippen LogP contribution in [0.2, 0.25) is 0 Å². The molecule has 1 amide bonds. The van der Waals surface area contributed by atoms with Gasteiger partial charge >= 0.3 is 0 Å². The fraction of sp³-hybridized carbons (Fsp3) is 0.889. The highest BCUT2D eigenvalue weighted by Gasteiger charge is 2.09. The molecule has 0 aromatic carbocycles. The van der Waals surface area contributed by atoms with Crippen LogP contribution in [0, 0.1) is 5.92 Å². The SMILES string of the molecule is CNCC(C)C(=O)NCCCOC. The van der Waals surface area contributed by atoms with E-state index in [2.05, 4.69) is 10.6 Å². The maximum absolute atomic E-state index is 11.3. The van der Waals surface area contributed by atoms with Crippen molar-refractivity contribution in [3.8, 4) is 0 Å². The van der Waals surface area contributed by atoms with E-state index in [0.717, 1.165) is 13.0 Å². The molecule has 0 heterocycles. The molecule has 0 aliphatic heterocycles. The fourth-order valence-electron chi connectivity index (χ4n) is 1.00. The van der Waals surface area contributed by atoms with Crippen molar-refractivity contribution in [3.05, 3.63) is 0 Å². The Labute approximate surface area is 80.0 Å². The van der Waals surface area contributed by atoms with Gasteiger partial charge in [-0.1, -0.05) is 6.92 Å². The Hall–Kier alpha value is -0.610. The number of carbonyl (C=O) groups is 1. The number of ether oxygens (including phenoxy) is 1. The summed E-state index contributed by atoms with van der Waals surface area (Å²) in [5.41, 5.74) is 0. The Kier molecular flexibility index (Phi) is 7.63. The van der Waals surface area contributed by atoms with Crippen LogP contribution in [-0.4, -0.2) is 39.8 Å². The van der Waals surface area contributed by atoms with Crippen LogP contribution in [0.5, 0.6) is 0 Å². The van der Waals surface area contributed by atoms with Crippen LogP contribution in [0.4, 0.5) is 0 Å². The van der Waals surface area contributed by atoms with Crippen LogP contribution in [0.15, 0.2) is 0 Å². The first kappa shape index (κ1) is 12.4. The third-order valence-electron chi connectivity index (χ3n) is 1.78. The maximum atomic E-state index is 11.3. The Bertz CT molecular complexity index is 140. The molecule has 78 valence electrons. The molecule has 4 nitrogen and oxygen atoms in total. The molecular formula is C9H20N2O2. The van der Waals surface area contributed by atoms with Crippen molar-refractivity contribution >= 4 is 5.91 Å². The van der Waals surface area contributed by atoms with Crippen molar-refractivity contribution in [3.63, 3.8) is 0 Å². The molecule has 0 fully saturated rings. The molecule has 13 heavy (non-hydrogen) atoms. The van der Waals surface area contributed by atoms with Crippen LogP contribution in [0.25, 0.3) is 0 Å². The van der Waals surface area contributed by atoms with Crippen molar-refractivity contribution in [2.45, 2.75) is 13.3 Å². The highest BCUT2D eigenvalue weighted by molar-refractivity contribution is 5.78. The third kappa shape index (κ3) is 6.54. The van der Waals surface area contributed by atoms with Crippen LogP contribution in [-0.2, 0) is 9.53 Å². The van der Waals surface area contributed by atoms with E-state index in [1.165, 1.54) is 0 Å². The third-order valence-corrected chi connectivity index (χ3v) is 1.78. The normalized spacial score (nSPS) is 12.5. The summed E-state index contributed by atoms with van der Waals surface area (Å²) in [7, 11) is 3.50. The summed E-state index contributed by atoms with van der Waals surface area (Å²) < 4.78 is 4.87. The van der Waals surface area contributed by atoms with Crippen molar-refractivity contribution in [2.75, 3.05) is 33.9 Å². The lowest BCUT2D eigenvalue weighted by Gasteiger charge is -2.10. The van der Waals surface area contributed by atoms with E-state index < -0.39 is 0 Å². The molecule has 0 aliphatic carbocycles. The van der Waals surface area contributed by atoms with Gasteiger partial charge in [0.25, 0.3) is 0 Å². The van der Waals surface area contributed by atoms with E-state index in [1.807, 2.05) is 14.0 Å². The molecule has 0 bridgehead atoms. The lowest BCUT2D eigenvalue weighted by atomic mass is 10.1. The van der Waals surface area contributed by atoms with E-state index in [-0.39, 0.29) is 11.8 Å². The molecular weight excluding hydrogens is 168 g/mol. The average Bonchev–Trinajstić information content (AvgIpc) is 2.12. The number of rotatable bonds is 7. The summed E-state index contributed by atoms with van der Waals surface area (Å²) in [5.74, 6) is 0.137. The topological polar surface area (TPSA) is 50.4 Å². The molecule has 0 aromatic heterocycles. The summed E-state index contributed by atoms with van der Waals surface area (Å²) in [6.45, 7) is 4.01. The predicted octanol–water partition coefficient (Wildman–Crippen LogP) is -0.00540. The zero-order valence-electron chi connectivity index (χ0n) is 8.72. The lowest BCUT2D eigenvalue weighted by Crippen LogP contribution is -2.35. The highest BCUT2D eigenvalue weighted by atomic mass is 16.5. The second-order valence-corrected chi connectivity index (χ2v) is 3.10. The lowest BCUT2D eigenvalue weighted by molar-refractivity contribution is -0.124. The van der Waals surface area contributed by atoms with Gasteiger partial charge in [0.05, 0.1) is 0 Å². The first-order chi connectivity index (χ1) is 6.22. The molecule has 0 rings (SSSR count). The molecule has 1 unspecified atom stereocenters. The molecule has 0 radical (unpaired) electrons. The molecule has 0 spiro atoms. The number of nitrogens with one attached hydrogen (secondary N) is 2. The van der Waals surface area contributed by atoms with Crippen molar-refractivity contribution in [1.82, 2.24) is 10.6 Å². The van der Waals surface area contributed by atoms with Gasteiger partial charge < -0.3 is 15.4 Å². The maximum Gasteiger partial charge on any atom is 0.224 e. The van der Waals surface area contributed by atoms with Crippen LogP contribution in [0.1, 0.15) is 13.3 Å². The van der Waals surface area contributed by atoms with Crippen LogP contribution >= 0.6 is 0 Å². The summed E-state index contributed by atoms with van der Waals surface area (Å²) in [6.07, 6.45) is 0.870. The van der Waals surface area contributed by atoms with Gasteiger partial charge in [0.15, 0.2) is 0 Å². The fourth-order valence-corrected chi connectivity index (χ4v) is 1.00. The van der Waals surface area contributed by atoms with E-state index in [9.17, 15) is 4.79 Å². The van der Waals surface area contributed by atoms with Gasteiger partial charge in [-0.2, -0.15) is 0 Å². The smallest absolute Gasteiger partial charge is 0.224 e. The van der Waals surface area contributed by atoms with E-state index in [4.69, 9.17) is 4.74 Å². The Balaban J connectivity index is 3.38. The van der Waals surface area contributed by atoms with Gasteiger partial charge in [-0.3, -0.25) is 4.79 Å². The summed E-state index contributed by atoms with van der Waals surface area (Å²) in [4.78, 5) is 11.3. The van der Waals surface area contributed by atoms with Gasteiger partial charge in [-0.05, 0) is 13.5 Å². The van der Waals surface area contributed by atoms with Gasteiger partial charge in [0.1, 0.15) is 0 Å². The molecule has 4 heteroatoms. The minimum atomic E-state index is 0.0348. The van der Waals surface area contributed by atoms with Gasteiger partial charge in [-0.15, -0.1) is 0 Å². The minimum Gasteiger partial charge on any atom is -0.385 e. The van der Waals surface area contributed by atoms with E-state index in [1.54, 1.807) is 7.11 Å². The van der Waals surface area contributed by atoms with Gasteiger partial charge in [0, 0.05) is 32.7 Å². The van der Waals surface area contributed by atoms with Crippen LogP contribution < -0.4 is 10.6 Å². The first-order valence-electron chi connectivity index (χ1n) is 4.63. The number of methoxy groups -OCH3 is 1. The van der Waals surface area contributed by atoms with Crippen molar-refractivity contribution in [1.29, 1.82) is 0 Å². The summed E-state index contributed by atoms with van der Waals surface area (Å²) >= 11 is 0. The van der Waals surface area contributed by atoms with Crippen molar-refractivity contribution < 1.29 is 9.53 Å². The standard InChI is InChI=1S/C9H20N2O2/c1-8(7-10-2)9(12)11-5-4-6-13-3/h8,10H,4-7H2,1-3H3,(H,11,12). The zero-order valence-corrected chi connectivity index (χ0v) is 8.72. The quantitative estimate of drug-likeness (QED) is 0.553. The molecule has 0 saturated carbocycles. The zero-order chi connectivity index (χ0) is 10.1. The van der Waals surface area contributed by atoms with Crippen LogP contribution in [0.3, 0.4) is 0 Å². The first-order valence-corrected chi connectivity index (χ1v) is 4.63. The second kappa shape index (κ2) is 8.01. The summed E-state index contributed by atoms with van der Waals surface area (Å²) in [6, 6.07) is 0. The van der Waals surface area contributed by atoms with Gasteiger partial charge in [0.2, 0.25) is 5.91 Å². The molecule has 0 aromatic rings. The number of hydrogen-bond donors (Lipinski definition) is 2. The monoisotopic (exact) mass is 188 g/mol. The Morgan fingerprint density at radius 3 is 2.77 bits per heavy atom. The van der Waals surface area contributed by atoms with E-state index >= 15 is 0 Å². The minimum absolute atomic E-state index is 0.0348. The van der Waals surface area contributed by atoms with Crippen molar-refractivity contribution in [2.24, 2.45) is 5.92 Å². The molecule has 0 aliphatic rings. The largest absolute Gasteiger partial charge is 0.385 e. The molecule has 1 atom stereocenters. The predicted molar refractivity (Wildman–Crippen MR) is 52.6 cm³/mol. The number of carbonyl (C=O) groups excluding carboxylic acids is 1. The second-order valence-electron chi connectivity index (χ2n) is 3.10. The highest BCUT2D eigenvalue weighted by Crippen LogP contribution is 1.91. The molecule has 0 saturated heterocycles.